The first-order valence-electron chi connectivity index (χ1n) is 5.25. The highest BCUT2D eigenvalue weighted by atomic mass is 15.2. The Morgan fingerprint density at radius 2 is 1.80 bits per heavy atom. The highest BCUT2D eigenvalue weighted by molar-refractivity contribution is 5.48. The second-order valence-electron chi connectivity index (χ2n) is 4.57. The fourth-order valence-corrected chi connectivity index (χ4v) is 1.62. The van der Waals surface area contributed by atoms with Gasteiger partial charge in [0.2, 0.25) is 0 Å². The van der Waals surface area contributed by atoms with E-state index in [1.807, 2.05) is 18.2 Å². The van der Waals surface area contributed by atoms with Gasteiger partial charge in [-0.2, -0.15) is 5.26 Å². The molecule has 0 bridgehead atoms. The minimum absolute atomic E-state index is 0.0538. The first-order valence-corrected chi connectivity index (χ1v) is 5.25. The molecule has 0 saturated heterocycles. The van der Waals surface area contributed by atoms with E-state index in [0.717, 1.165) is 6.54 Å². The van der Waals surface area contributed by atoms with Crippen LogP contribution >= 0.6 is 0 Å². The van der Waals surface area contributed by atoms with Gasteiger partial charge in [0.1, 0.15) is 0 Å². The second kappa shape index (κ2) is 4.84. The minimum Gasteiger partial charge on any atom is -0.366 e. The van der Waals surface area contributed by atoms with E-state index < -0.39 is 0 Å². The van der Waals surface area contributed by atoms with Crippen LogP contribution in [0.25, 0.3) is 0 Å². The molecule has 80 valence electrons. The van der Waals surface area contributed by atoms with Crippen LogP contribution < -0.4 is 4.90 Å². The van der Waals surface area contributed by atoms with Gasteiger partial charge in [-0.25, -0.2) is 0 Å². The zero-order chi connectivity index (χ0) is 11.3. The normalized spacial score (nSPS) is 10.8. The molecule has 0 heterocycles. The van der Waals surface area contributed by atoms with Gasteiger partial charge >= 0.3 is 0 Å². The molecule has 0 N–H and O–H groups in total. The molecule has 0 aliphatic rings. The van der Waals surface area contributed by atoms with Gasteiger partial charge in [-0.05, 0) is 32.9 Å². The van der Waals surface area contributed by atoms with E-state index in [2.05, 4.69) is 43.9 Å². The molecule has 0 amide bonds. The summed E-state index contributed by atoms with van der Waals surface area (Å²) in [7, 11) is 0. The molecular formula is C13H18N2. The highest BCUT2D eigenvalue weighted by Crippen LogP contribution is 2.23. The second-order valence-corrected chi connectivity index (χ2v) is 4.57. The van der Waals surface area contributed by atoms with Gasteiger partial charge in [0.05, 0.1) is 12.5 Å². The lowest BCUT2D eigenvalue weighted by Crippen LogP contribution is -2.42. The summed E-state index contributed by atoms with van der Waals surface area (Å²) in [6.07, 6.45) is 0.562. The van der Waals surface area contributed by atoms with Crippen molar-refractivity contribution in [3.8, 4) is 6.07 Å². The molecule has 15 heavy (non-hydrogen) atoms. The van der Waals surface area contributed by atoms with Gasteiger partial charge in [-0.1, -0.05) is 18.2 Å². The van der Waals surface area contributed by atoms with E-state index in [4.69, 9.17) is 5.26 Å². The Labute approximate surface area is 92.1 Å². The summed E-state index contributed by atoms with van der Waals surface area (Å²) < 4.78 is 0. The highest BCUT2D eigenvalue weighted by Gasteiger charge is 2.20. The van der Waals surface area contributed by atoms with Crippen LogP contribution in [0.4, 0.5) is 5.69 Å². The quantitative estimate of drug-likeness (QED) is 0.752. The van der Waals surface area contributed by atoms with E-state index in [9.17, 15) is 0 Å². The molecule has 0 aromatic heterocycles. The number of hydrogen-bond donors (Lipinski definition) is 0. The molecule has 0 radical (unpaired) electrons. The van der Waals surface area contributed by atoms with E-state index in [-0.39, 0.29) is 5.54 Å². The van der Waals surface area contributed by atoms with Gasteiger partial charge in [-0.3, -0.25) is 0 Å². The van der Waals surface area contributed by atoms with Crippen molar-refractivity contribution in [2.45, 2.75) is 32.7 Å². The predicted molar refractivity (Wildman–Crippen MR) is 63.8 cm³/mol. The smallest absolute Gasteiger partial charge is 0.0640 e. The Hall–Kier alpha value is -1.49. The fourth-order valence-electron chi connectivity index (χ4n) is 1.62. The molecule has 0 fully saturated rings. The van der Waals surface area contributed by atoms with E-state index in [1.54, 1.807) is 0 Å². The van der Waals surface area contributed by atoms with Crippen LogP contribution in [0.1, 0.15) is 27.2 Å². The molecule has 1 rings (SSSR count). The molecule has 1 aromatic rings. The van der Waals surface area contributed by atoms with Crippen LogP contribution in [0, 0.1) is 11.3 Å². The third-order valence-corrected chi connectivity index (χ3v) is 2.32. The van der Waals surface area contributed by atoms with Crippen molar-refractivity contribution in [3.63, 3.8) is 0 Å². The summed E-state index contributed by atoms with van der Waals surface area (Å²) in [5, 5.41) is 8.65. The minimum atomic E-state index is 0.0538. The predicted octanol–water partition coefficient (Wildman–Crippen LogP) is 3.21. The first-order chi connectivity index (χ1) is 7.05. The number of hydrogen-bond acceptors (Lipinski definition) is 2. The summed E-state index contributed by atoms with van der Waals surface area (Å²) in [4.78, 5) is 2.26. The van der Waals surface area contributed by atoms with Crippen LogP contribution in [0.3, 0.4) is 0 Å². The Morgan fingerprint density at radius 1 is 1.20 bits per heavy atom. The van der Waals surface area contributed by atoms with Crippen LogP contribution in [0.2, 0.25) is 0 Å². The molecule has 0 saturated carbocycles. The lowest BCUT2D eigenvalue weighted by molar-refractivity contribution is 0.506. The number of anilines is 1. The molecule has 0 spiro atoms. The molecule has 0 unspecified atom stereocenters. The van der Waals surface area contributed by atoms with Crippen molar-refractivity contribution in [1.29, 1.82) is 5.26 Å². The molecule has 0 atom stereocenters. The largest absolute Gasteiger partial charge is 0.366 e. The van der Waals surface area contributed by atoms with Crippen molar-refractivity contribution >= 4 is 5.69 Å². The summed E-state index contributed by atoms with van der Waals surface area (Å²) in [5.74, 6) is 0. The number of nitrogens with zero attached hydrogens (tertiary/aromatic N) is 2. The average Bonchev–Trinajstić information content (AvgIpc) is 2.18. The number of nitriles is 1. The van der Waals surface area contributed by atoms with Gasteiger partial charge in [0.25, 0.3) is 0 Å². The maximum atomic E-state index is 8.65. The van der Waals surface area contributed by atoms with E-state index in [0.29, 0.717) is 6.42 Å². The SMILES string of the molecule is CC(C)(C)N(CCC#N)c1ccccc1. The topological polar surface area (TPSA) is 27.0 Å². The van der Waals surface area contributed by atoms with Crippen LogP contribution in [0.5, 0.6) is 0 Å². The van der Waals surface area contributed by atoms with E-state index >= 15 is 0 Å². The van der Waals surface area contributed by atoms with Gasteiger partial charge < -0.3 is 4.90 Å². The Morgan fingerprint density at radius 3 is 2.27 bits per heavy atom. The molecule has 2 nitrogen and oxygen atoms in total. The van der Waals surface area contributed by atoms with Crippen molar-refractivity contribution < 1.29 is 0 Å². The Kier molecular flexibility index (Phi) is 3.74. The van der Waals surface area contributed by atoms with Crippen LogP contribution in [-0.2, 0) is 0 Å². The number of benzene rings is 1. The average molecular weight is 202 g/mol. The maximum absolute atomic E-state index is 8.65. The summed E-state index contributed by atoms with van der Waals surface area (Å²) >= 11 is 0. The number of para-hydroxylation sites is 1. The summed E-state index contributed by atoms with van der Waals surface area (Å²) in [6.45, 7) is 7.27. The maximum Gasteiger partial charge on any atom is 0.0640 e. The molecular weight excluding hydrogens is 184 g/mol. The lowest BCUT2D eigenvalue weighted by Gasteiger charge is -2.37. The van der Waals surface area contributed by atoms with Crippen LogP contribution in [0.15, 0.2) is 30.3 Å². The third-order valence-electron chi connectivity index (χ3n) is 2.32. The van der Waals surface area contributed by atoms with Crippen molar-refractivity contribution in [3.05, 3.63) is 30.3 Å². The molecule has 0 aliphatic heterocycles. The first kappa shape index (κ1) is 11.6. The summed E-state index contributed by atoms with van der Waals surface area (Å²) in [5.41, 5.74) is 1.23. The standard InChI is InChI=1S/C13H18N2/c1-13(2,3)15(11-7-10-14)12-8-5-4-6-9-12/h4-6,8-9H,7,11H2,1-3H3. The zero-order valence-corrected chi connectivity index (χ0v) is 9.70. The Balaban J connectivity index is 2.88. The van der Waals surface area contributed by atoms with Crippen molar-refractivity contribution in [2.75, 3.05) is 11.4 Å². The monoisotopic (exact) mass is 202 g/mol. The lowest BCUT2D eigenvalue weighted by atomic mass is 10.0. The molecule has 2 heteroatoms. The van der Waals surface area contributed by atoms with Gasteiger partial charge in [-0.15, -0.1) is 0 Å². The zero-order valence-electron chi connectivity index (χ0n) is 9.70. The van der Waals surface area contributed by atoms with E-state index in [1.165, 1.54) is 5.69 Å². The third kappa shape index (κ3) is 3.28. The van der Waals surface area contributed by atoms with Crippen molar-refractivity contribution in [2.24, 2.45) is 0 Å². The Bertz CT molecular complexity index is 330. The molecule has 1 aromatic carbocycles. The fraction of sp³-hybridized carbons (Fsp3) is 0.462. The number of rotatable bonds is 3. The molecule has 0 aliphatic carbocycles. The summed E-state index contributed by atoms with van der Waals surface area (Å²) in [6, 6.07) is 12.4. The van der Waals surface area contributed by atoms with Gasteiger partial charge in [0.15, 0.2) is 0 Å². The van der Waals surface area contributed by atoms with Gasteiger partial charge in [0, 0.05) is 17.8 Å². The van der Waals surface area contributed by atoms with Crippen LogP contribution in [-0.4, -0.2) is 12.1 Å². The van der Waals surface area contributed by atoms with Crippen molar-refractivity contribution in [1.82, 2.24) is 0 Å².